The Hall–Kier alpha value is -3.28. The summed E-state index contributed by atoms with van der Waals surface area (Å²) in [6, 6.07) is 14.2. The number of hydrogen-bond acceptors (Lipinski definition) is 4. The fraction of sp³-hybridized carbons (Fsp3) is 0. The summed E-state index contributed by atoms with van der Waals surface area (Å²) in [5, 5.41) is 11.0. The molecule has 2 aromatic carbocycles. The molecular weight excluding hydrogens is 280 g/mol. The van der Waals surface area contributed by atoms with Crippen molar-refractivity contribution < 1.29 is 4.92 Å². The quantitative estimate of drug-likeness (QED) is 0.418. The van der Waals surface area contributed by atoms with Crippen molar-refractivity contribution in [2.24, 2.45) is 0 Å². The molecule has 0 radical (unpaired) electrons. The molecule has 0 bridgehead atoms. The zero-order valence-electron chi connectivity index (χ0n) is 11.4. The molecule has 0 aliphatic heterocycles. The van der Waals surface area contributed by atoms with Gasteiger partial charge in [0, 0.05) is 30.1 Å². The summed E-state index contributed by atoms with van der Waals surface area (Å²) >= 11 is 0. The van der Waals surface area contributed by atoms with Crippen molar-refractivity contribution in [2.75, 3.05) is 0 Å². The lowest BCUT2D eigenvalue weighted by atomic mass is 10.1. The Morgan fingerprint density at radius 3 is 2.82 bits per heavy atom. The monoisotopic (exact) mass is 290 g/mol. The van der Waals surface area contributed by atoms with Crippen molar-refractivity contribution in [2.45, 2.75) is 0 Å². The van der Waals surface area contributed by atoms with Gasteiger partial charge in [0.25, 0.3) is 5.69 Å². The van der Waals surface area contributed by atoms with Crippen LogP contribution in [0.1, 0.15) is 0 Å². The van der Waals surface area contributed by atoms with Crippen LogP contribution >= 0.6 is 0 Å². The number of imidazole rings is 1. The van der Waals surface area contributed by atoms with Gasteiger partial charge in [0.05, 0.1) is 16.0 Å². The van der Waals surface area contributed by atoms with E-state index in [1.165, 1.54) is 12.1 Å². The molecule has 6 nitrogen and oxygen atoms in total. The Balaban J connectivity index is 2.07. The molecule has 0 atom stereocenters. The molecule has 0 spiro atoms. The smallest absolute Gasteiger partial charge is 0.270 e. The molecule has 22 heavy (non-hydrogen) atoms. The van der Waals surface area contributed by atoms with Crippen molar-refractivity contribution in [1.29, 1.82) is 0 Å². The first-order valence-corrected chi connectivity index (χ1v) is 6.71. The molecule has 0 amide bonds. The first kappa shape index (κ1) is 12.5. The molecule has 2 heterocycles. The average molecular weight is 290 g/mol. The molecule has 6 heteroatoms. The van der Waals surface area contributed by atoms with Crippen LogP contribution < -0.4 is 0 Å². The van der Waals surface area contributed by atoms with Crippen molar-refractivity contribution >= 4 is 22.4 Å². The van der Waals surface area contributed by atoms with Crippen LogP contribution in [0.4, 0.5) is 5.69 Å². The van der Waals surface area contributed by atoms with E-state index in [-0.39, 0.29) is 5.69 Å². The molecule has 2 aromatic heterocycles. The largest absolute Gasteiger partial charge is 0.296 e. The summed E-state index contributed by atoms with van der Waals surface area (Å²) in [5.41, 5.74) is 3.79. The van der Waals surface area contributed by atoms with Crippen LogP contribution in [0.2, 0.25) is 0 Å². The molecular formula is C16H10N4O2. The van der Waals surface area contributed by atoms with Gasteiger partial charge in [-0.05, 0) is 12.1 Å². The Bertz CT molecular complexity index is 1020. The van der Waals surface area contributed by atoms with Gasteiger partial charge in [0.2, 0.25) is 0 Å². The van der Waals surface area contributed by atoms with E-state index in [4.69, 9.17) is 0 Å². The maximum Gasteiger partial charge on any atom is 0.270 e. The van der Waals surface area contributed by atoms with Crippen molar-refractivity contribution in [3.8, 4) is 11.3 Å². The van der Waals surface area contributed by atoms with E-state index in [0.29, 0.717) is 16.9 Å². The van der Waals surface area contributed by atoms with Crippen LogP contribution in [0.5, 0.6) is 0 Å². The molecule has 4 rings (SSSR count). The highest BCUT2D eigenvalue weighted by Gasteiger charge is 2.14. The van der Waals surface area contributed by atoms with Crippen LogP contribution in [0.25, 0.3) is 27.9 Å². The maximum absolute atomic E-state index is 11.0. The van der Waals surface area contributed by atoms with Crippen LogP contribution in [-0.4, -0.2) is 19.3 Å². The summed E-state index contributed by atoms with van der Waals surface area (Å²) in [6.07, 6.45) is 3.56. The summed E-state index contributed by atoms with van der Waals surface area (Å²) in [7, 11) is 0. The second kappa shape index (κ2) is 4.63. The highest BCUT2D eigenvalue weighted by molar-refractivity contribution is 5.86. The zero-order chi connectivity index (χ0) is 15.1. The minimum absolute atomic E-state index is 0.0390. The number of nitrogens with zero attached hydrogens (tertiary/aromatic N) is 4. The highest BCUT2D eigenvalue weighted by atomic mass is 16.6. The van der Waals surface area contributed by atoms with Crippen molar-refractivity contribution in [3.05, 3.63) is 71.0 Å². The number of benzene rings is 2. The zero-order valence-corrected chi connectivity index (χ0v) is 11.4. The van der Waals surface area contributed by atoms with E-state index in [1.807, 2.05) is 34.9 Å². The second-order valence-corrected chi connectivity index (χ2v) is 4.88. The Labute approximate surface area is 124 Å². The van der Waals surface area contributed by atoms with Crippen LogP contribution in [0.3, 0.4) is 0 Å². The molecule has 0 saturated carbocycles. The van der Waals surface area contributed by atoms with Gasteiger partial charge >= 0.3 is 0 Å². The average Bonchev–Trinajstić information content (AvgIpc) is 3.04. The van der Waals surface area contributed by atoms with Gasteiger partial charge in [-0.25, -0.2) is 9.97 Å². The van der Waals surface area contributed by atoms with E-state index in [9.17, 15) is 10.1 Å². The molecule has 0 unspecified atom stereocenters. The lowest BCUT2D eigenvalue weighted by Gasteiger charge is -2.07. The van der Waals surface area contributed by atoms with Crippen LogP contribution in [0, 0.1) is 10.1 Å². The molecule has 0 aliphatic rings. The maximum atomic E-state index is 11.0. The highest BCUT2D eigenvalue weighted by Crippen LogP contribution is 2.27. The van der Waals surface area contributed by atoms with Gasteiger partial charge in [-0.1, -0.05) is 24.3 Å². The third-order valence-electron chi connectivity index (χ3n) is 3.56. The fourth-order valence-electron chi connectivity index (χ4n) is 2.57. The minimum Gasteiger partial charge on any atom is -0.296 e. The van der Waals surface area contributed by atoms with Crippen molar-refractivity contribution in [1.82, 2.24) is 14.4 Å². The molecule has 0 saturated heterocycles. The lowest BCUT2D eigenvalue weighted by molar-refractivity contribution is -0.384. The van der Waals surface area contributed by atoms with Gasteiger partial charge in [-0.2, -0.15) is 0 Å². The molecule has 0 aliphatic carbocycles. The van der Waals surface area contributed by atoms with E-state index in [0.717, 1.165) is 11.0 Å². The lowest BCUT2D eigenvalue weighted by Crippen LogP contribution is -1.96. The molecule has 0 N–H and O–H groups in total. The van der Waals surface area contributed by atoms with Crippen molar-refractivity contribution in [3.63, 3.8) is 0 Å². The first-order chi connectivity index (χ1) is 10.7. The number of fused-ring (bicyclic) bond motifs is 3. The SMILES string of the molecule is O=[N+]([O-])c1cccc(-c2nc3ccccc3n3ccnc23)c1. The third-order valence-corrected chi connectivity index (χ3v) is 3.56. The Morgan fingerprint density at radius 1 is 1.09 bits per heavy atom. The minimum atomic E-state index is -0.409. The van der Waals surface area contributed by atoms with Crippen LogP contribution in [-0.2, 0) is 0 Å². The predicted octanol–water partition coefficient (Wildman–Crippen LogP) is 3.46. The number of aromatic nitrogens is 3. The van der Waals surface area contributed by atoms with E-state index < -0.39 is 4.92 Å². The number of nitro groups is 1. The second-order valence-electron chi connectivity index (χ2n) is 4.88. The summed E-state index contributed by atoms with van der Waals surface area (Å²) in [5.74, 6) is 0. The number of hydrogen-bond donors (Lipinski definition) is 0. The molecule has 106 valence electrons. The number of nitro benzene ring substituents is 1. The van der Waals surface area contributed by atoms with E-state index in [2.05, 4.69) is 9.97 Å². The van der Waals surface area contributed by atoms with Crippen LogP contribution in [0.15, 0.2) is 60.9 Å². The van der Waals surface area contributed by atoms with Gasteiger partial charge in [0.1, 0.15) is 5.69 Å². The summed E-state index contributed by atoms with van der Waals surface area (Å²) in [6.45, 7) is 0. The molecule has 4 aromatic rings. The summed E-state index contributed by atoms with van der Waals surface area (Å²) < 4.78 is 1.94. The third kappa shape index (κ3) is 1.81. The number of non-ortho nitro benzene ring substituents is 1. The number of rotatable bonds is 2. The normalized spacial score (nSPS) is 11.1. The van der Waals surface area contributed by atoms with E-state index >= 15 is 0 Å². The Kier molecular flexibility index (Phi) is 2.62. The van der Waals surface area contributed by atoms with Gasteiger partial charge in [-0.15, -0.1) is 0 Å². The fourth-order valence-corrected chi connectivity index (χ4v) is 2.57. The first-order valence-electron chi connectivity index (χ1n) is 6.71. The van der Waals surface area contributed by atoms with Gasteiger partial charge in [-0.3, -0.25) is 14.5 Å². The number of para-hydroxylation sites is 2. The standard InChI is InChI=1S/C16H10N4O2/c21-20(22)12-5-3-4-11(10-12)15-16-17-8-9-19(16)14-7-2-1-6-13(14)18-15/h1-10H. The summed E-state index contributed by atoms with van der Waals surface area (Å²) in [4.78, 5) is 19.6. The molecule has 0 fully saturated rings. The van der Waals surface area contributed by atoms with E-state index in [1.54, 1.807) is 18.3 Å². The van der Waals surface area contributed by atoms with Gasteiger partial charge < -0.3 is 0 Å². The van der Waals surface area contributed by atoms with Gasteiger partial charge in [0.15, 0.2) is 5.65 Å². The Morgan fingerprint density at radius 2 is 1.95 bits per heavy atom. The topological polar surface area (TPSA) is 73.3 Å². The predicted molar refractivity (Wildman–Crippen MR) is 82.6 cm³/mol.